The zero-order valence-corrected chi connectivity index (χ0v) is 19.8. The summed E-state index contributed by atoms with van der Waals surface area (Å²) in [4.78, 5) is 25.9. The first-order valence-corrected chi connectivity index (χ1v) is 11.3. The average molecular weight is 499 g/mol. The van der Waals surface area contributed by atoms with Crippen LogP contribution in [0, 0.1) is 17.5 Å². The number of nitrogen functional groups attached to an aromatic ring is 1. The van der Waals surface area contributed by atoms with E-state index in [1.807, 2.05) is 20.8 Å². The van der Waals surface area contributed by atoms with Crippen molar-refractivity contribution in [3.63, 3.8) is 0 Å². The van der Waals surface area contributed by atoms with Gasteiger partial charge in [0, 0.05) is 29.1 Å². The highest BCUT2D eigenvalue weighted by atomic mass is 32.1. The molecule has 0 aliphatic carbocycles. The van der Waals surface area contributed by atoms with Crippen molar-refractivity contribution < 1.29 is 18.0 Å². The maximum atomic E-state index is 14.6. The number of nitrogens with zero attached hydrogens (tertiary/aromatic N) is 3. The molecule has 4 aromatic rings. The molecule has 0 aliphatic heterocycles. The summed E-state index contributed by atoms with van der Waals surface area (Å²) in [5.41, 5.74) is 7.12. The van der Waals surface area contributed by atoms with Crippen LogP contribution in [0.4, 0.5) is 35.3 Å². The molecule has 0 aliphatic rings. The molecule has 0 unspecified atom stereocenters. The standard InChI is InChI=1S/C24H21F3N6OS/c1-24(2,3)21-33-19(18-6-7-29-22(28)32-18)20(35-21)12-8-13(25)10-15(9-12)31-23(34)30-14-4-5-16(26)17(27)11-14/h4-11H,1-3H3,(H2,28,29,32)(H2,30,31,34). The number of anilines is 3. The van der Waals surface area contributed by atoms with E-state index in [0.717, 1.165) is 23.2 Å². The van der Waals surface area contributed by atoms with E-state index in [2.05, 4.69) is 20.6 Å². The maximum absolute atomic E-state index is 14.6. The Morgan fingerprint density at radius 1 is 0.943 bits per heavy atom. The van der Waals surface area contributed by atoms with E-state index in [9.17, 15) is 18.0 Å². The summed E-state index contributed by atoms with van der Waals surface area (Å²) in [6.07, 6.45) is 1.51. The SMILES string of the molecule is CC(C)(C)c1nc(-c2ccnc(N)n2)c(-c2cc(F)cc(NC(=O)Nc3ccc(F)c(F)c3)c2)s1. The van der Waals surface area contributed by atoms with E-state index in [0.29, 0.717) is 21.8 Å². The number of nitrogens with one attached hydrogen (secondary N) is 2. The summed E-state index contributed by atoms with van der Waals surface area (Å²) in [7, 11) is 0. The van der Waals surface area contributed by atoms with Crippen LogP contribution in [0.3, 0.4) is 0 Å². The fraction of sp³-hybridized carbons (Fsp3) is 0.167. The first kappa shape index (κ1) is 24.1. The van der Waals surface area contributed by atoms with Gasteiger partial charge in [-0.3, -0.25) is 0 Å². The van der Waals surface area contributed by atoms with Gasteiger partial charge in [0.25, 0.3) is 0 Å². The quantitative estimate of drug-likeness (QED) is 0.310. The number of hydrogen-bond acceptors (Lipinski definition) is 6. The van der Waals surface area contributed by atoms with Crippen LogP contribution in [-0.2, 0) is 5.41 Å². The second-order valence-corrected chi connectivity index (χ2v) is 9.68. The van der Waals surface area contributed by atoms with Crippen LogP contribution in [0.25, 0.3) is 21.8 Å². The molecule has 0 fully saturated rings. The van der Waals surface area contributed by atoms with Crippen LogP contribution in [0.5, 0.6) is 0 Å². The number of thiazole rings is 1. The summed E-state index contributed by atoms with van der Waals surface area (Å²) in [5.74, 6) is -2.65. The lowest BCUT2D eigenvalue weighted by atomic mass is 9.98. The molecule has 0 saturated heterocycles. The van der Waals surface area contributed by atoms with Gasteiger partial charge in [0.05, 0.1) is 15.6 Å². The predicted octanol–water partition coefficient (Wildman–Crippen LogP) is 6.21. The Bertz CT molecular complexity index is 1420. The van der Waals surface area contributed by atoms with Gasteiger partial charge in [0.15, 0.2) is 11.6 Å². The third-order valence-corrected chi connectivity index (χ3v) is 6.31. The van der Waals surface area contributed by atoms with Crippen LogP contribution >= 0.6 is 11.3 Å². The van der Waals surface area contributed by atoms with Crippen molar-refractivity contribution in [3.8, 4) is 21.8 Å². The molecule has 180 valence electrons. The Labute approximate surface area is 203 Å². The fourth-order valence-corrected chi connectivity index (χ4v) is 4.30. The normalized spacial score (nSPS) is 11.4. The van der Waals surface area contributed by atoms with Crippen molar-refractivity contribution >= 4 is 34.7 Å². The van der Waals surface area contributed by atoms with Gasteiger partial charge in [-0.1, -0.05) is 20.8 Å². The summed E-state index contributed by atoms with van der Waals surface area (Å²) in [6, 6.07) is 7.91. The van der Waals surface area contributed by atoms with E-state index >= 15 is 0 Å². The number of hydrogen-bond donors (Lipinski definition) is 3. The van der Waals surface area contributed by atoms with E-state index in [1.165, 1.54) is 29.7 Å². The number of carbonyl (C=O) groups excluding carboxylic acids is 1. The molecule has 0 saturated carbocycles. The Morgan fingerprint density at radius 3 is 2.37 bits per heavy atom. The summed E-state index contributed by atoms with van der Waals surface area (Å²) in [5, 5.41) is 5.70. The number of carbonyl (C=O) groups is 1. The van der Waals surface area contributed by atoms with Crippen molar-refractivity contribution in [2.75, 3.05) is 16.4 Å². The fourth-order valence-electron chi connectivity index (χ4n) is 3.18. The van der Waals surface area contributed by atoms with E-state index in [1.54, 1.807) is 12.1 Å². The van der Waals surface area contributed by atoms with E-state index in [4.69, 9.17) is 10.7 Å². The number of nitrogens with two attached hydrogens (primary N) is 1. The summed E-state index contributed by atoms with van der Waals surface area (Å²) >= 11 is 1.38. The third kappa shape index (κ3) is 5.57. The zero-order valence-electron chi connectivity index (χ0n) is 19.0. The minimum atomic E-state index is -1.10. The molecule has 2 heterocycles. The van der Waals surface area contributed by atoms with Crippen molar-refractivity contribution in [1.82, 2.24) is 15.0 Å². The lowest BCUT2D eigenvalue weighted by Gasteiger charge is -2.13. The molecule has 0 spiro atoms. The number of amides is 2. The molecular weight excluding hydrogens is 477 g/mol. The zero-order chi connectivity index (χ0) is 25.3. The first-order chi connectivity index (χ1) is 16.5. The van der Waals surface area contributed by atoms with Crippen LogP contribution in [0.2, 0.25) is 0 Å². The molecule has 0 radical (unpaired) electrons. The van der Waals surface area contributed by atoms with Crippen molar-refractivity contribution in [3.05, 3.63) is 71.1 Å². The van der Waals surface area contributed by atoms with Gasteiger partial charge < -0.3 is 16.4 Å². The Balaban J connectivity index is 1.69. The molecule has 11 heteroatoms. The highest BCUT2D eigenvalue weighted by molar-refractivity contribution is 7.15. The molecule has 7 nitrogen and oxygen atoms in total. The summed E-state index contributed by atoms with van der Waals surface area (Å²) in [6.45, 7) is 6.03. The molecule has 4 rings (SSSR count). The van der Waals surface area contributed by atoms with Gasteiger partial charge in [-0.05, 0) is 42.0 Å². The van der Waals surface area contributed by atoms with Crippen LogP contribution in [-0.4, -0.2) is 21.0 Å². The van der Waals surface area contributed by atoms with Gasteiger partial charge in [-0.15, -0.1) is 11.3 Å². The van der Waals surface area contributed by atoms with Crippen LogP contribution in [0.1, 0.15) is 25.8 Å². The molecule has 2 amide bonds. The average Bonchev–Trinajstić information content (AvgIpc) is 3.22. The Morgan fingerprint density at radius 2 is 1.69 bits per heavy atom. The monoisotopic (exact) mass is 498 g/mol. The van der Waals surface area contributed by atoms with E-state index < -0.39 is 23.5 Å². The summed E-state index contributed by atoms with van der Waals surface area (Å²) < 4.78 is 41.1. The minimum Gasteiger partial charge on any atom is -0.368 e. The number of rotatable bonds is 4. The minimum absolute atomic E-state index is 0.0407. The van der Waals surface area contributed by atoms with Crippen molar-refractivity contribution in [2.24, 2.45) is 0 Å². The maximum Gasteiger partial charge on any atom is 0.323 e. The smallest absolute Gasteiger partial charge is 0.323 e. The Hall–Kier alpha value is -3.99. The highest BCUT2D eigenvalue weighted by Gasteiger charge is 2.24. The highest BCUT2D eigenvalue weighted by Crippen LogP contribution is 2.41. The number of benzene rings is 2. The molecule has 2 aromatic carbocycles. The lowest BCUT2D eigenvalue weighted by Crippen LogP contribution is -2.19. The first-order valence-electron chi connectivity index (χ1n) is 10.4. The lowest BCUT2D eigenvalue weighted by molar-refractivity contribution is 0.262. The molecule has 4 N–H and O–H groups in total. The number of halogens is 3. The second-order valence-electron chi connectivity index (χ2n) is 8.68. The number of aromatic nitrogens is 3. The molecule has 2 aromatic heterocycles. The van der Waals surface area contributed by atoms with Crippen LogP contribution < -0.4 is 16.4 Å². The van der Waals surface area contributed by atoms with Gasteiger partial charge in [-0.25, -0.2) is 32.9 Å². The van der Waals surface area contributed by atoms with Crippen LogP contribution in [0.15, 0.2) is 48.7 Å². The third-order valence-electron chi connectivity index (χ3n) is 4.78. The second kappa shape index (κ2) is 9.34. The molecule has 0 atom stereocenters. The van der Waals surface area contributed by atoms with E-state index in [-0.39, 0.29) is 22.7 Å². The molecule has 0 bridgehead atoms. The van der Waals surface area contributed by atoms with Gasteiger partial charge in [0.2, 0.25) is 5.95 Å². The number of urea groups is 1. The Kier molecular flexibility index (Phi) is 6.44. The topological polar surface area (TPSA) is 106 Å². The van der Waals surface area contributed by atoms with Gasteiger partial charge in [-0.2, -0.15) is 0 Å². The van der Waals surface area contributed by atoms with Crippen molar-refractivity contribution in [2.45, 2.75) is 26.2 Å². The molecule has 35 heavy (non-hydrogen) atoms. The van der Waals surface area contributed by atoms with Gasteiger partial charge in [0.1, 0.15) is 11.5 Å². The van der Waals surface area contributed by atoms with Gasteiger partial charge >= 0.3 is 6.03 Å². The molecular formula is C24H21F3N6OS. The predicted molar refractivity (Wildman–Crippen MR) is 131 cm³/mol. The largest absolute Gasteiger partial charge is 0.368 e. The van der Waals surface area contributed by atoms with Crippen molar-refractivity contribution in [1.29, 1.82) is 0 Å².